The fourth-order valence-electron chi connectivity index (χ4n) is 2.95. The lowest BCUT2D eigenvalue weighted by Gasteiger charge is -2.10. The molecule has 0 unspecified atom stereocenters. The van der Waals surface area contributed by atoms with E-state index in [1.165, 1.54) is 11.8 Å². The number of carbonyl (C=O) groups excluding carboxylic acids is 1. The molecule has 1 amide bonds. The maximum Gasteiger partial charge on any atom is 0.258 e. The molecule has 2 heterocycles. The Morgan fingerprint density at radius 3 is 2.68 bits per heavy atom. The molecular weight excluding hydrogens is 410 g/mol. The highest BCUT2D eigenvalue weighted by Gasteiger charge is 2.11. The Morgan fingerprint density at radius 1 is 1.03 bits per heavy atom. The summed E-state index contributed by atoms with van der Waals surface area (Å²) in [5.74, 6) is 2.20. The minimum atomic E-state index is -0.281. The number of H-pyrrole nitrogens is 1. The quantitative estimate of drug-likeness (QED) is 0.365. The van der Waals surface area contributed by atoms with Crippen molar-refractivity contribution in [2.45, 2.75) is 19.0 Å². The molecular formula is C22H21N7OS. The average Bonchev–Trinajstić information content (AvgIpc) is 3.21. The summed E-state index contributed by atoms with van der Waals surface area (Å²) in [4.78, 5) is 25.8. The van der Waals surface area contributed by atoms with Crippen molar-refractivity contribution >= 4 is 35.1 Å². The van der Waals surface area contributed by atoms with Crippen LogP contribution in [0.15, 0.2) is 65.8 Å². The van der Waals surface area contributed by atoms with Crippen LogP contribution in [-0.2, 0) is 0 Å². The van der Waals surface area contributed by atoms with E-state index in [9.17, 15) is 4.79 Å². The zero-order valence-corrected chi connectivity index (χ0v) is 17.9. The van der Waals surface area contributed by atoms with Crippen molar-refractivity contribution in [3.05, 3.63) is 72.1 Å². The van der Waals surface area contributed by atoms with Gasteiger partial charge in [-0.25, -0.2) is 15.1 Å². The molecule has 8 nitrogen and oxygen atoms in total. The van der Waals surface area contributed by atoms with Crippen LogP contribution in [0.1, 0.15) is 23.1 Å². The van der Waals surface area contributed by atoms with Crippen LogP contribution in [0.25, 0.3) is 11.3 Å². The van der Waals surface area contributed by atoms with Crippen LogP contribution in [0.5, 0.6) is 0 Å². The third-order valence-electron chi connectivity index (χ3n) is 4.27. The zero-order valence-electron chi connectivity index (χ0n) is 17.1. The molecule has 9 heteroatoms. The Morgan fingerprint density at radius 2 is 1.87 bits per heavy atom. The Kier molecular flexibility index (Phi) is 6.23. The topological polar surface area (TPSA) is 108 Å². The third kappa shape index (κ3) is 5.26. The van der Waals surface area contributed by atoms with Gasteiger partial charge in [-0.2, -0.15) is 4.98 Å². The van der Waals surface area contributed by atoms with Crippen molar-refractivity contribution in [2.24, 2.45) is 0 Å². The lowest BCUT2D eigenvalue weighted by atomic mass is 10.1. The van der Waals surface area contributed by atoms with Gasteiger partial charge in [-0.3, -0.25) is 10.1 Å². The zero-order chi connectivity index (χ0) is 21.6. The first-order valence-corrected chi connectivity index (χ1v) is 10.7. The molecule has 3 N–H and O–H groups in total. The number of nitrogens with zero attached hydrogens (tertiary/aromatic N) is 4. The summed E-state index contributed by atoms with van der Waals surface area (Å²) in [7, 11) is 0. The first-order valence-electron chi connectivity index (χ1n) is 9.75. The van der Waals surface area contributed by atoms with Gasteiger partial charge in [0.05, 0.1) is 5.69 Å². The fraction of sp³-hybridized carbons (Fsp3) is 0.136. The first-order chi connectivity index (χ1) is 15.1. The van der Waals surface area contributed by atoms with E-state index in [1.54, 1.807) is 12.1 Å². The van der Waals surface area contributed by atoms with Crippen LogP contribution in [-0.4, -0.2) is 36.8 Å². The number of aromatic nitrogens is 5. The first kappa shape index (κ1) is 20.5. The van der Waals surface area contributed by atoms with Gasteiger partial charge < -0.3 is 5.32 Å². The second-order valence-electron chi connectivity index (χ2n) is 6.61. The summed E-state index contributed by atoms with van der Waals surface area (Å²) in [6.45, 7) is 3.86. The van der Waals surface area contributed by atoms with Gasteiger partial charge in [0.2, 0.25) is 11.1 Å². The van der Waals surface area contributed by atoms with Gasteiger partial charge >= 0.3 is 0 Å². The lowest BCUT2D eigenvalue weighted by molar-refractivity contribution is 0.102. The molecule has 0 aliphatic heterocycles. The van der Waals surface area contributed by atoms with Gasteiger partial charge in [-0.05, 0) is 30.9 Å². The predicted molar refractivity (Wildman–Crippen MR) is 123 cm³/mol. The van der Waals surface area contributed by atoms with Gasteiger partial charge in [0.15, 0.2) is 0 Å². The van der Waals surface area contributed by atoms with Gasteiger partial charge in [-0.15, -0.1) is 5.10 Å². The number of anilines is 3. The second-order valence-corrected chi connectivity index (χ2v) is 7.84. The maximum absolute atomic E-state index is 12.6. The van der Waals surface area contributed by atoms with E-state index in [-0.39, 0.29) is 5.91 Å². The van der Waals surface area contributed by atoms with Gasteiger partial charge in [0.25, 0.3) is 5.91 Å². The number of hydrogen-bond donors (Lipinski definition) is 3. The molecule has 4 rings (SSSR count). The monoisotopic (exact) mass is 431 g/mol. The molecule has 2 aromatic carbocycles. The number of thioether (sulfide) groups is 1. The molecule has 0 aliphatic carbocycles. The maximum atomic E-state index is 12.6. The van der Waals surface area contributed by atoms with E-state index in [2.05, 4.69) is 35.8 Å². The fourth-order valence-corrected chi connectivity index (χ4v) is 3.47. The van der Waals surface area contributed by atoms with Crippen molar-refractivity contribution in [3.8, 4) is 11.3 Å². The van der Waals surface area contributed by atoms with Crippen LogP contribution in [0, 0.1) is 6.92 Å². The molecule has 0 bridgehead atoms. The van der Waals surface area contributed by atoms with E-state index in [4.69, 9.17) is 0 Å². The van der Waals surface area contributed by atoms with Crippen molar-refractivity contribution in [2.75, 3.05) is 16.4 Å². The summed E-state index contributed by atoms with van der Waals surface area (Å²) in [6, 6.07) is 19.0. The number of benzene rings is 2. The number of hydrogen-bond acceptors (Lipinski definition) is 7. The number of rotatable bonds is 7. The lowest BCUT2D eigenvalue weighted by Crippen LogP contribution is -2.13. The Bertz CT molecular complexity index is 1190. The highest BCUT2D eigenvalue weighted by Crippen LogP contribution is 2.23. The van der Waals surface area contributed by atoms with Crippen molar-refractivity contribution < 1.29 is 4.79 Å². The van der Waals surface area contributed by atoms with Gasteiger partial charge in [0.1, 0.15) is 11.6 Å². The summed E-state index contributed by atoms with van der Waals surface area (Å²) in [5, 5.41) is 13.4. The highest BCUT2D eigenvalue weighted by atomic mass is 32.2. The molecule has 4 aromatic rings. The number of amides is 1. The number of aryl methyl sites for hydroxylation is 1. The van der Waals surface area contributed by atoms with E-state index >= 15 is 0 Å². The molecule has 0 fully saturated rings. The van der Waals surface area contributed by atoms with Crippen LogP contribution in [0.2, 0.25) is 0 Å². The highest BCUT2D eigenvalue weighted by molar-refractivity contribution is 7.99. The van der Waals surface area contributed by atoms with E-state index in [0.717, 1.165) is 22.7 Å². The molecule has 0 saturated carbocycles. The van der Waals surface area contributed by atoms with Crippen molar-refractivity contribution in [1.82, 2.24) is 25.1 Å². The Labute approximate surface area is 184 Å². The predicted octanol–water partition coefficient (Wildman–Crippen LogP) is 4.68. The summed E-state index contributed by atoms with van der Waals surface area (Å²) >= 11 is 1.50. The number of aromatic amines is 1. The molecule has 0 saturated heterocycles. The molecule has 2 aromatic heterocycles. The number of nitrogens with one attached hydrogen (secondary N) is 3. The van der Waals surface area contributed by atoms with Crippen LogP contribution in [0.3, 0.4) is 0 Å². The van der Waals surface area contributed by atoms with Crippen LogP contribution >= 0.6 is 11.8 Å². The summed E-state index contributed by atoms with van der Waals surface area (Å²) in [5.41, 5.74) is 3.07. The molecule has 0 spiro atoms. The minimum absolute atomic E-state index is 0.281. The molecule has 156 valence electrons. The Hall–Kier alpha value is -3.72. The Balaban J connectivity index is 1.51. The van der Waals surface area contributed by atoms with E-state index < -0.39 is 0 Å². The smallest absolute Gasteiger partial charge is 0.258 e. The average molecular weight is 432 g/mol. The van der Waals surface area contributed by atoms with E-state index in [1.807, 2.05) is 62.4 Å². The largest absolute Gasteiger partial charge is 0.340 e. The van der Waals surface area contributed by atoms with E-state index in [0.29, 0.717) is 28.3 Å². The number of carbonyl (C=O) groups is 1. The second kappa shape index (κ2) is 9.40. The minimum Gasteiger partial charge on any atom is -0.340 e. The molecule has 31 heavy (non-hydrogen) atoms. The van der Waals surface area contributed by atoms with Crippen LogP contribution < -0.4 is 10.6 Å². The summed E-state index contributed by atoms with van der Waals surface area (Å²) < 4.78 is 0. The third-order valence-corrected chi connectivity index (χ3v) is 5.00. The van der Waals surface area contributed by atoms with Crippen LogP contribution in [0.4, 0.5) is 17.5 Å². The van der Waals surface area contributed by atoms with Gasteiger partial charge in [-0.1, -0.05) is 55.1 Å². The summed E-state index contributed by atoms with van der Waals surface area (Å²) in [6.07, 6.45) is 0. The van der Waals surface area contributed by atoms with Crippen molar-refractivity contribution in [1.29, 1.82) is 0 Å². The molecule has 0 aliphatic rings. The molecule has 0 radical (unpaired) electrons. The normalized spacial score (nSPS) is 10.6. The molecule has 0 atom stereocenters. The van der Waals surface area contributed by atoms with Gasteiger partial charge in [0, 0.05) is 22.9 Å². The standard InChI is InChI=1S/C22H21N7OS/c1-3-31-22-27-21(28-29-22)26-20(30)16-10-7-11-17(12-16)25-19-13-18(23-14(2)24-19)15-8-5-4-6-9-15/h4-13H,3H2,1-2H3,(H,23,24,25)(H2,26,27,28,29,30). The SMILES string of the molecule is CCSc1n[nH]c(NC(=O)c2cccc(Nc3cc(-c4ccccc4)nc(C)n3)c2)n1. The van der Waals surface area contributed by atoms with Crippen molar-refractivity contribution in [3.63, 3.8) is 0 Å².